The summed E-state index contributed by atoms with van der Waals surface area (Å²) in [7, 11) is 1.24. The summed E-state index contributed by atoms with van der Waals surface area (Å²) in [6.45, 7) is 0. The van der Waals surface area contributed by atoms with Crippen molar-refractivity contribution in [3.05, 3.63) is 53.5 Å². The molecule has 2 heteroatoms. The highest BCUT2D eigenvalue weighted by Gasteiger charge is 1.94. The van der Waals surface area contributed by atoms with Gasteiger partial charge in [-0.15, -0.1) is 0 Å². The van der Waals surface area contributed by atoms with Gasteiger partial charge in [0, 0.05) is 26.3 Å². The van der Waals surface area contributed by atoms with Crippen LogP contribution in [0.4, 0.5) is 0 Å². The Morgan fingerprint density at radius 2 is 1.92 bits per heavy atom. The summed E-state index contributed by atoms with van der Waals surface area (Å²) in [6, 6.07) is 12.7. The maximum atomic E-state index is 3.15. The number of hydrogen-bond acceptors (Lipinski definition) is 0. The van der Waals surface area contributed by atoms with Crippen molar-refractivity contribution in [1.29, 1.82) is 0 Å². The van der Waals surface area contributed by atoms with Crippen molar-refractivity contribution in [1.82, 2.24) is 4.75 Å². The number of aromatic nitrogens is 1. The number of aromatic amines is 1. The lowest BCUT2D eigenvalue weighted by Gasteiger charge is -1.95. The monoisotopic (exact) mass is 175 g/mol. The van der Waals surface area contributed by atoms with Gasteiger partial charge < -0.3 is 4.75 Å². The Kier molecular flexibility index (Phi) is 2.24. The van der Waals surface area contributed by atoms with Crippen LogP contribution in [0.25, 0.3) is 0 Å². The first kappa shape index (κ1) is 7.57. The lowest BCUT2D eigenvalue weighted by Crippen LogP contribution is -1.81. The zero-order chi connectivity index (χ0) is 8.23. The van der Waals surface area contributed by atoms with E-state index < -0.39 is 0 Å². The second-order valence-electron chi connectivity index (χ2n) is 2.73. The SMILES string of the molecule is c1ccc(Cc2cc[nH]p2)cc1. The molecule has 0 unspecified atom stereocenters. The van der Waals surface area contributed by atoms with Gasteiger partial charge in [0.15, 0.2) is 0 Å². The fourth-order valence-corrected chi connectivity index (χ4v) is 1.92. The molecule has 1 heterocycles. The van der Waals surface area contributed by atoms with Gasteiger partial charge in [0.05, 0.1) is 0 Å². The largest absolute Gasteiger partial charge is 0.344 e. The summed E-state index contributed by atoms with van der Waals surface area (Å²) in [5, 5.41) is 1.43. The first-order valence-electron chi connectivity index (χ1n) is 3.98. The van der Waals surface area contributed by atoms with E-state index in [1.165, 1.54) is 19.2 Å². The van der Waals surface area contributed by atoms with Crippen molar-refractivity contribution in [3.8, 4) is 0 Å². The fraction of sp³-hybridized carbons (Fsp3) is 0.100. The van der Waals surface area contributed by atoms with E-state index in [9.17, 15) is 0 Å². The van der Waals surface area contributed by atoms with Crippen LogP contribution in [-0.2, 0) is 6.42 Å². The molecule has 0 fully saturated rings. The number of rotatable bonds is 2. The van der Waals surface area contributed by atoms with Crippen LogP contribution in [0.15, 0.2) is 42.6 Å². The second-order valence-corrected chi connectivity index (χ2v) is 3.78. The van der Waals surface area contributed by atoms with Crippen LogP contribution in [-0.4, -0.2) is 4.75 Å². The van der Waals surface area contributed by atoms with Gasteiger partial charge in [-0.2, -0.15) is 0 Å². The molecular weight excluding hydrogens is 165 g/mol. The van der Waals surface area contributed by atoms with Crippen LogP contribution in [0.3, 0.4) is 0 Å². The Morgan fingerprint density at radius 3 is 2.58 bits per heavy atom. The molecule has 0 saturated heterocycles. The minimum Gasteiger partial charge on any atom is -0.344 e. The van der Waals surface area contributed by atoms with Gasteiger partial charge in [-0.3, -0.25) is 0 Å². The van der Waals surface area contributed by atoms with E-state index >= 15 is 0 Å². The first-order chi connectivity index (χ1) is 5.95. The third kappa shape index (κ3) is 1.75. The van der Waals surface area contributed by atoms with Crippen LogP contribution >= 0.6 is 8.35 Å². The van der Waals surface area contributed by atoms with Crippen LogP contribution in [0.5, 0.6) is 0 Å². The van der Waals surface area contributed by atoms with Crippen molar-refractivity contribution in [2.24, 2.45) is 0 Å². The number of nitrogens with one attached hydrogen (secondary N) is 1. The van der Waals surface area contributed by atoms with E-state index in [2.05, 4.69) is 41.1 Å². The summed E-state index contributed by atoms with van der Waals surface area (Å²) in [5.74, 6) is 0. The van der Waals surface area contributed by atoms with E-state index in [1.807, 2.05) is 6.20 Å². The van der Waals surface area contributed by atoms with Crippen LogP contribution < -0.4 is 0 Å². The lowest BCUT2D eigenvalue weighted by molar-refractivity contribution is 1.24. The maximum Gasteiger partial charge on any atom is 0.0142 e. The minimum atomic E-state index is 1.06. The molecule has 0 bridgehead atoms. The molecule has 0 radical (unpaired) electrons. The maximum absolute atomic E-state index is 3.15. The molecule has 1 aromatic heterocycles. The predicted molar refractivity (Wildman–Crippen MR) is 52.6 cm³/mol. The van der Waals surface area contributed by atoms with Crippen molar-refractivity contribution in [2.75, 3.05) is 0 Å². The Hall–Kier alpha value is -1.07. The van der Waals surface area contributed by atoms with Crippen LogP contribution in [0.2, 0.25) is 0 Å². The van der Waals surface area contributed by atoms with Crippen molar-refractivity contribution in [2.45, 2.75) is 6.42 Å². The number of hydrogen-bond donors (Lipinski definition) is 1. The molecule has 12 heavy (non-hydrogen) atoms. The second kappa shape index (κ2) is 3.55. The molecule has 2 rings (SSSR count). The van der Waals surface area contributed by atoms with Gasteiger partial charge in [-0.25, -0.2) is 0 Å². The fourth-order valence-electron chi connectivity index (χ4n) is 1.19. The molecule has 1 N–H and O–H groups in total. The average Bonchev–Trinajstić information content (AvgIpc) is 2.59. The molecule has 0 spiro atoms. The van der Waals surface area contributed by atoms with E-state index in [1.54, 1.807) is 0 Å². The molecule has 0 aliphatic heterocycles. The van der Waals surface area contributed by atoms with Gasteiger partial charge in [0.1, 0.15) is 0 Å². The van der Waals surface area contributed by atoms with E-state index in [0.717, 1.165) is 6.42 Å². The molecular formula is C10H10NP. The lowest BCUT2D eigenvalue weighted by atomic mass is 10.1. The summed E-state index contributed by atoms with van der Waals surface area (Å²) >= 11 is 0. The minimum absolute atomic E-state index is 1.06. The van der Waals surface area contributed by atoms with Gasteiger partial charge in [0.2, 0.25) is 0 Å². The topological polar surface area (TPSA) is 15.8 Å². The summed E-state index contributed by atoms with van der Waals surface area (Å²) in [5.41, 5.74) is 1.38. The van der Waals surface area contributed by atoms with Crippen LogP contribution in [0.1, 0.15) is 10.9 Å². The van der Waals surface area contributed by atoms with E-state index in [-0.39, 0.29) is 0 Å². The average molecular weight is 175 g/mol. The van der Waals surface area contributed by atoms with E-state index in [4.69, 9.17) is 0 Å². The Bertz CT molecular complexity index is 326. The zero-order valence-electron chi connectivity index (χ0n) is 6.70. The third-order valence-electron chi connectivity index (χ3n) is 1.79. The third-order valence-corrected chi connectivity index (χ3v) is 2.66. The smallest absolute Gasteiger partial charge is 0.0142 e. The van der Waals surface area contributed by atoms with Crippen molar-refractivity contribution >= 4 is 8.35 Å². The molecule has 0 aliphatic carbocycles. The van der Waals surface area contributed by atoms with E-state index in [0.29, 0.717) is 0 Å². The van der Waals surface area contributed by atoms with Gasteiger partial charge in [0.25, 0.3) is 0 Å². The van der Waals surface area contributed by atoms with Gasteiger partial charge in [-0.05, 0) is 11.6 Å². The Morgan fingerprint density at radius 1 is 1.08 bits per heavy atom. The summed E-state index contributed by atoms with van der Waals surface area (Å²) in [4.78, 5) is 0. The van der Waals surface area contributed by atoms with Gasteiger partial charge in [-0.1, -0.05) is 30.3 Å². The predicted octanol–water partition coefficient (Wildman–Crippen LogP) is 3.19. The Balaban J connectivity index is 2.15. The molecule has 1 nitrogen and oxygen atoms in total. The quantitative estimate of drug-likeness (QED) is 0.721. The molecule has 1 aromatic carbocycles. The highest BCUT2D eigenvalue weighted by Crippen LogP contribution is 2.15. The molecule has 0 amide bonds. The highest BCUT2D eigenvalue weighted by atomic mass is 31.0. The number of H-pyrrole nitrogens is 1. The van der Waals surface area contributed by atoms with Crippen molar-refractivity contribution < 1.29 is 0 Å². The molecule has 2 aromatic rings. The van der Waals surface area contributed by atoms with Gasteiger partial charge >= 0.3 is 0 Å². The molecule has 0 atom stereocenters. The van der Waals surface area contributed by atoms with Crippen LogP contribution in [0, 0.1) is 0 Å². The molecule has 0 saturated carbocycles. The highest BCUT2D eigenvalue weighted by molar-refractivity contribution is 7.26. The van der Waals surface area contributed by atoms with Crippen molar-refractivity contribution in [3.63, 3.8) is 0 Å². The first-order valence-corrected chi connectivity index (χ1v) is 4.87. The summed E-state index contributed by atoms with van der Waals surface area (Å²) in [6.07, 6.45) is 3.06. The molecule has 60 valence electrons. The summed E-state index contributed by atoms with van der Waals surface area (Å²) < 4.78 is 3.15. The normalized spacial score (nSPS) is 10.7. The zero-order valence-corrected chi connectivity index (χ0v) is 7.59. The standard InChI is InChI=1S/C10H10NP/c1-2-4-9(5-3-1)8-10-6-7-11-12-10/h1-7,11H,8H2. The molecule has 0 aliphatic rings. The Labute approximate surface area is 73.6 Å². The number of benzene rings is 1.